The fourth-order valence-electron chi connectivity index (χ4n) is 1.00. The van der Waals surface area contributed by atoms with Crippen molar-refractivity contribution in [3.63, 3.8) is 0 Å². The fraction of sp³-hybridized carbons (Fsp3) is 0.600. The van der Waals surface area contributed by atoms with Gasteiger partial charge in [-0.1, -0.05) is 0 Å². The lowest BCUT2D eigenvalue weighted by atomic mass is 10.3. The predicted octanol–water partition coefficient (Wildman–Crippen LogP) is -0.197. The molecule has 2 rings (SSSR count). The van der Waals surface area contributed by atoms with E-state index in [1.54, 1.807) is 6.33 Å². The Morgan fingerprint density at radius 1 is 1.60 bits per heavy atom. The van der Waals surface area contributed by atoms with Crippen LogP contribution in [0.15, 0.2) is 6.33 Å². The van der Waals surface area contributed by atoms with E-state index in [2.05, 4.69) is 15.5 Å². The Balaban J connectivity index is 0.000000500. The van der Waals surface area contributed by atoms with Gasteiger partial charge >= 0.3 is 0 Å². The van der Waals surface area contributed by atoms with E-state index in [4.69, 9.17) is 0 Å². The molecule has 5 heteroatoms. The molecule has 0 saturated heterocycles. The molecule has 56 valence electrons. The minimum absolute atomic E-state index is 0. The Labute approximate surface area is 65.1 Å². The van der Waals surface area contributed by atoms with Crippen LogP contribution in [0.3, 0.4) is 0 Å². The van der Waals surface area contributed by atoms with Crippen LogP contribution in [0, 0.1) is 0 Å². The fourth-order valence-corrected chi connectivity index (χ4v) is 1.00. The maximum atomic E-state index is 3.93. The Hall–Kier alpha value is -0.610. The molecular weight excluding hydrogens is 152 g/mol. The summed E-state index contributed by atoms with van der Waals surface area (Å²) >= 11 is 0. The molecule has 0 saturated carbocycles. The maximum Gasteiger partial charge on any atom is 0.135 e. The molecule has 0 atom stereocenters. The molecule has 0 bridgehead atoms. The van der Waals surface area contributed by atoms with Gasteiger partial charge in [0, 0.05) is 13.0 Å². The van der Waals surface area contributed by atoms with E-state index >= 15 is 0 Å². The highest BCUT2D eigenvalue weighted by molar-refractivity contribution is 5.85. The van der Waals surface area contributed by atoms with Crippen LogP contribution in [0.1, 0.15) is 5.82 Å². The number of fused-ring (bicyclic) bond motifs is 1. The van der Waals surface area contributed by atoms with Crippen molar-refractivity contribution in [2.45, 2.75) is 13.1 Å². The molecular formula is C5H9ClN4. The summed E-state index contributed by atoms with van der Waals surface area (Å²) in [4.78, 5) is 0. The SMILES string of the molecule is Cl.c1nnc2n1CNCC2. The number of nitrogens with one attached hydrogen (secondary N) is 1. The van der Waals surface area contributed by atoms with Crippen molar-refractivity contribution in [3.05, 3.63) is 12.2 Å². The highest BCUT2D eigenvalue weighted by Gasteiger charge is 2.06. The normalized spacial score (nSPS) is 15.6. The van der Waals surface area contributed by atoms with E-state index in [0.717, 1.165) is 25.5 Å². The van der Waals surface area contributed by atoms with Gasteiger partial charge in [0.2, 0.25) is 0 Å². The molecule has 0 aromatic carbocycles. The van der Waals surface area contributed by atoms with E-state index in [1.165, 1.54) is 0 Å². The molecule has 1 N–H and O–H groups in total. The summed E-state index contributed by atoms with van der Waals surface area (Å²) in [6.45, 7) is 1.89. The van der Waals surface area contributed by atoms with Crippen molar-refractivity contribution >= 4 is 12.4 Å². The van der Waals surface area contributed by atoms with Crippen molar-refractivity contribution in [1.82, 2.24) is 20.1 Å². The molecule has 2 heterocycles. The topological polar surface area (TPSA) is 42.7 Å². The largest absolute Gasteiger partial charge is 0.304 e. The van der Waals surface area contributed by atoms with Crippen molar-refractivity contribution in [2.75, 3.05) is 6.54 Å². The molecule has 1 aromatic heterocycles. The quantitative estimate of drug-likeness (QED) is 0.572. The van der Waals surface area contributed by atoms with Crippen LogP contribution in [-0.4, -0.2) is 21.3 Å². The highest BCUT2D eigenvalue weighted by Crippen LogP contribution is 1.97. The summed E-state index contributed by atoms with van der Waals surface area (Å²) < 4.78 is 2.02. The molecule has 0 radical (unpaired) electrons. The lowest BCUT2D eigenvalue weighted by Crippen LogP contribution is -2.28. The summed E-state index contributed by atoms with van der Waals surface area (Å²) in [5.41, 5.74) is 0. The second kappa shape index (κ2) is 2.98. The molecule has 1 aliphatic heterocycles. The van der Waals surface area contributed by atoms with Crippen LogP contribution in [-0.2, 0) is 13.1 Å². The van der Waals surface area contributed by atoms with Crippen LogP contribution in [0.5, 0.6) is 0 Å². The lowest BCUT2D eigenvalue weighted by molar-refractivity contribution is 0.487. The highest BCUT2D eigenvalue weighted by atomic mass is 35.5. The minimum atomic E-state index is 0. The predicted molar refractivity (Wildman–Crippen MR) is 39.0 cm³/mol. The third-order valence-corrected chi connectivity index (χ3v) is 1.50. The first-order chi connectivity index (χ1) is 4.47. The third kappa shape index (κ3) is 1.12. The molecule has 0 unspecified atom stereocenters. The Bertz CT molecular complexity index is 189. The van der Waals surface area contributed by atoms with Crippen LogP contribution >= 0.6 is 12.4 Å². The Morgan fingerprint density at radius 3 is 3.30 bits per heavy atom. The first-order valence-corrected chi connectivity index (χ1v) is 3.04. The van der Waals surface area contributed by atoms with Gasteiger partial charge in [0.15, 0.2) is 0 Å². The molecule has 0 spiro atoms. The van der Waals surface area contributed by atoms with E-state index in [1.807, 2.05) is 4.57 Å². The zero-order valence-electron chi connectivity index (χ0n) is 5.45. The van der Waals surface area contributed by atoms with Crippen molar-refractivity contribution in [1.29, 1.82) is 0 Å². The summed E-state index contributed by atoms with van der Waals surface area (Å²) in [7, 11) is 0. The average Bonchev–Trinajstić information content (AvgIpc) is 2.33. The van der Waals surface area contributed by atoms with Gasteiger partial charge in [-0.15, -0.1) is 22.6 Å². The first-order valence-electron chi connectivity index (χ1n) is 3.04. The van der Waals surface area contributed by atoms with Crippen LogP contribution in [0.4, 0.5) is 0 Å². The maximum absolute atomic E-state index is 3.93. The molecule has 4 nitrogen and oxygen atoms in total. The van der Waals surface area contributed by atoms with Gasteiger partial charge in [0.25, 0.3) is 0 Å². The monoisotopic (exact) mass is 160 g/mol. The van der Waals surface area contributed by atoms with E-state index in [9.17, 15) is 0 Å². The molecule has 1 aliphatic rings. The number of nitrogens with zero attached hydrogens (tertiary/aromatic N) is 3. The molecule has 0 amide bonds. The van der Waals surface area contributed by atoms with Crippen LogP contribution in [0.25, 0.3) is 0 Å². The molecule has 0 fully saturated rings. The van der Waals surface area contributed by atoms with Crippen LogP contribution < -0.4 is 5.32 Å². The number of aromatic nitrogens is 3. The molecule has 0 aliphatic carbocycles. The standard InChI is InChI=1S/C5H8N4.ClH/c1-2-6-3-9-4-7-8-5(1)9;/h4,6H,1-3H2;1H. The van der Waals surface area contributed by atoms with Gasteiger partial charge in [-0.25, -0.2) is 0 Å². The van der Waals surface area contributed by atoms with Gasteiger partial charge in [-0.2, -0.15) is 0 Å². The second-order valence-corrected chi connectivity index (χ2v) is 2.13. The van der Waals surface area contributed by atoms with Gasteiger partial charge in [0.05, 0.1) is 6.67 Å². The van der Waals surface area contributed by atoms with Gasteiger partial charge < -0.3 is 4.57 Å². The van der Waals surface area contributed by atoms with Crippen molar-refractivity contribution < 1.29 is 0 Å². The molecule has 10 heavy (non-hydrogen) atoms. The van der Waals surface area contributed by atoms with Gasteiger partial charge in [-0.05, 0) is 0 Å². The number of hydrogen-bond donors (Lipinski definition) is 1. The number of rotatable bonds is 0. The Morgan fingerprint density at radius 2 is 2.50 bits per heavy atom. The number of hydrogen-bond acceptors (Lipinski definition) is 3. The smallest absolute Gasteiger partial charge is 0.135 e. The summed E-state index contributed by atoms with van der Waals surface area (Å²) in [5, 5.41) is 10.9. The minimum Gasteiger partial charge on any atom is -0.304 e. The zero-order valence-corrected chi connectivity index (χ0v) is 6.27. The summed E-state index contributed by atoms with van der Waals surface area (Å²) in [6.07, 6.45) is 2.75. The third-order valence-electron chi connectivity index (χ3n) is 1.50. The Kier molecular flexibility index (Phi) is 2.24. The second-order valence-electron chi connectivity index (χ2n) is 2.13. The summed E-state index contributed by atoms with van der Waals surface area (Å²) in [6, 6.07) is 0. The van der Waals surface area contributed by atoms with E-state index < -0.39 is 0 Å². The molecule has 1 aromatic rings. The van der Waals surface area contributed by atoms with E-state index in [0.29, 0.717) is 0 Å². The van der Waals surface area contributed by atoms with Crippen molar-refractivity contribution in [3.8, 4) is 0 Å². The van der Waals surface area contributed by atoms with Gasteiger partial charge in [0.1, 0.15) is 12.2 Å². The van der Waals surface area contributed by atoms with Crippen LogP contribution in [0.2, 0.25) is 0 Å². The lowest BCUT2D eigenvalue weighted by Gasteiger charge is -2.12. The van der Waals surface area contributed by atoms with Crippen molar-refractivity contribution in [2.24, 2.45) is 0 Å². The number of halogens is 1. The first kappa shape index (κ1) is 7.50. The summed E-state index contributed by atoms with van der Waals surface area (Å²) in [5.74, 6) is 1.09. The van der Waals surface area contributed by atoms with Gasteiger partial charge in [-0.3, -0.25) is 5.32 Å². The average molecular weight is 161 g/mol. The van der Waals surface area contributed by atoms with E-state index in [-0.39, 0.29) is 12.4 Å². The zero-order chi connectivity index (χ0) is 6.10.